The van der Waals surface area contributed by atoms with Crippen molar-refractivity contribution in [2.75, 3.05) is 39.4 Å². The molecule has 0 atom stereocenters. The van der Waals surface area contributed by atoms with E-state index in [-0.39, 0.29) is 24.5 Å². The summed E-state index contributed by atoms with van der Waals surface area (Å²) >= 11 is 5.85. The second-order valence-electron chi connectivity index (χ2n) is 5.42. The normalized spacial score (nSPS) is 10.8. The van der Waals surface area contributed by atoms with E-state index in [4.69, 9.17) is 16.3 Å². The lowest BCUT2D eigenvalue weighted by Gasteiger charge is -2.17. The van der Waals surface area contributed by atoms with Gasteiger partial charge in [-0.05, 0) is 25.2 Å². The largest absolute Gasteiger partial charge is 0.378 e. The molecule has 0 spiro atoms. The first-order chi connectivity index (χ1) is 11.6. The number of hydrogen-bond donors (Lipinski definition) is 1. The van der Waals surface area contributed by atoms with Crippen LogP contribution in [-0.4, -0.2) is 56.0 Å². The Kier molecular flexibility index (Phi) is 10.3. The summed E-state index contributed by atoms with van der Waals surface area (Å²) in [6, 6.07) is 6.76. The number of amides is 1. The average Bonchev–Trinajstić information content (AvgIpc) is 2.59. The Labute approximate surface area is 149 Å². The molecule has 0 heterocycles. The highest BCUT2D eigenvalue weighted by Gasteiger charge is 2.09. The maximum absolute atomic E-state index is 12.0. The monoisotopic (exact) mass is 354 g/mol. The zero-order chi connectivity index (χ0) is 17.8. The van der Waals surface area contributed by atoms with Gasteiger partial charge < -0.3 is 15.0 Å². The van der Waals surface area contributed by atoms with E-state index in [0.29, 0.717) is 30.3 Å². The minimum Gasteiger partial charge on any atom is -0.378 e. The van der Waals surface area contributed by atoms with Crippen LogP contribution in [0.2, 0.25) is 5.02 Å². The Balaban J connectivity index is 2.11. The van der Waals surface area contributed by atoms with E-state index in [1.807, 2.05) is 0 Å². The molecule has 0 aromatic heterocycles. The van der Waals surface area contributed by atoms with E-state index >= 15 is 0 Å². The highest BCUT2D eigenvalue weighted by molar-refractivity contribution is 6.31. The molecule has 5 nitrogen and oxygen atoms in total. The van der Waals surface area contributed by atoms with Crippen molar-refractivity contribution in [2.24, 2.45) is 0 Å². The second-order valence-corrected chi connectivity index (χ2v) is 5.86. The molecule has 24 heavy (non-hydrogen) atoms. The van der Waals surface area contributed by atoms with Crippen molar-refractivity contribution >= 4 is 23.3 Å². The lowest BCUT2D eigenvalue weighted by Crippen LogP contribution is -2.30. The predicted molar refractivity (Wildman–Crippen MR) is 96.6 cm³/mol. The topological polar surface area (TPSA) is 58.6 Å². The zero-order valence-corrected chi connectivity index (χ0v) is 15.3. The fourth-order valence-electron chi connectivity index (χ4n) is 2.22. The molecule has 6 heteroatoms. The molecule has 0 fully saturated rings. The maximum atomic E-state index is 12.0. The van der Waals surface area contributed by atoms with E-state index in [9.17, 15) is 9.59 Å². The third kappa shape index (κ3) is 8.43. The first kappa shape index (κ1) is 20.6. The second kappa shape index (κ2) is 12.0. The Morgan fingerprint density at radius 1 is 1.17 bits per heavy atom. The maximum Gasteiger partial charge on any atom is 0.220 e. The molecular formula is C18H27ClN2O3. The standard InChI is InChI=1S/C18H27ClN2O3/c1-3-21(4-2)11-13-24-12-10-20-18(23)9-8-17(22)15-6-5-7-16(19)14-15/h5-7,14H,3-4,8-13H2,1-2H3,(H,20,23). The molecule has 1 amide bonds. The van der Waals surface area contributed by atoms with Crippen LogP contribution in [0.1, 0.15) is 37.0 Å². The summed E-state index contributed by atoms with van der Waals surface area (Å²) in [5.74, 6) is -0.221. The van der Waals surface area contributed by atoms with E-state index in [1.165, 1.54) is 0 Å². The van der Waals surface area contributed by atoms with Gasteiger partial charge in [-0.2, -0.15) is 0 Å². The molecule has 0 aliphatic heterocycles. The first-order valence-corrected chi connectivity index (χ1v) is 8.80. The third-order valence-electron chi connectivity index (χ3n) is 3.74. The Bertz CT molecular complexity index is 519. The summed E-state index contributed by atoms with van der Waals surface area (Å²) < 4.78 is 5.49. The summed E-state index contributed by atoms with van der Waals surface area (Å²) in [6.45, 7) is 8.76. The van der Waals surface area contributed by atoms with Crippen LogP contribution in [0.25, 0.3) is 0 Å². The Morgan fingerprint density at radius 3 is 2.58 bits per heavy atom. The summed E-state index contributed by atoms with van der Waals surface area (Å²) in [6.07, 6.45) is 0.347. The number of carbonyl (C=O) groups is 2. The highest BCUT2D eigenvalue weighted by atomic mass is 35.5. The van der Waals surface area contributed by atoms with Gasteiger partial charge in [0.1, 0.15) is 0 Å². The summed E-state index contributed by atoms with van der Waals surface area (Å²) in [7, 11) is 0. The van der Waals surface area contributed by atoms with Crippen LogP contribution < -0.4 is 5.32 Å². The Morgan fingerprint density at radius 2 is 1.92 bits per heavy atom. The zero-order valence-electron chi connectivity index (χ0n) is 14.5. The van der Waals surface area contributed by atoms with Crippen LogP contribution in [0.3, 0.4) is 0 Å². The quantitative estimate of drug-likeness (QED) is 0.463. The molecule has 0 saturated heterocycles. The van der Waals surface area contributed by atoms with Gasteiger partial charge in [0.05, 0.1) is 13.2 Å². The van der Waals surface area contributed by atoms with Crippen molar-refractivity contribution in [1.82, 2.24) is 10.2 Å². The molecule has 1 aromatic carbocycles. The number of ketones is 1. The number of halogens is 1. The first-order valence-electron chi connectivity index (χ1n) is 8.42. The Hall–Kier alpha value is -1.43. The van der Waals surface area contributed by atoms with Crippen LogP contribution in [-0.2, 0) is 9.53 Å². The van der Waals surface area contributed by atoms with Gasteiger partial charge in [-0.1, -0.05) is 37.6 Å². The number of nitrogens with zero attached hydrogens (tertiary/aromatic N) is 1. The number of Topliss-reactive ketones (excluding diaryl/α,β-unsaturated/α-hetero) is 1. The lowest BCUT2D eigenvalue weighted by molar-refractivity contribution is -0.121. The van der Waals surface area contributed by atoms with E-state index < -0.39 is 0 Å². The van der Waals surface area contributed by atoms with Crippen LogP contribution in [0, 0.1) is 0 Å². The van der Waals surface area contributed by atoms with Crippen molar-refractivity contribution in [3.8, 4) is 0 Å². The summed E-state index contributed by atoms with van der Waals surface area (Å²) in [5.41, 5.74) is 0.537. The lowest BCUT2D eigenvalue weighted by atomic mass is 10.1. The number of ether oxygens (including phenoxy) is 1. The number of nitrogens with one attached hydrogen (secondary N) is 1. The van der Waals surface area contributed by atoms with Crippen LogP contribution in [0.15, 0.2) is 24.3 Å². The fourth-order valence-corrected chi connectivity index (χ4v) is 2.41. The summed E-state index contributed by atoms with van der Waals surface area (Å²) in [4.78, 5) is 26.0. The SMILES string of the molecule is CCN(CC)CCOCCNC(=O)CCC(=O)c1cccc(Cl)c1. The molecule has 0 radical (unpaired) electrons. The molecule has 0 aliphatic rings. The van der Waals surface area contributed by atoms with Gasteiger partial charge in [-0.25, -0.2) is 0 Å². The van der Waals surface area contributed by atoms with Gasteiger partial charge in [0.2, 0.25) is 5.91 Å². The molecule has 1 N–H and O–H groups in total. The van der Waals surface area contributed by atoms with E-state index in [2.05, 4.69) is 24.1 Å². The van der Waals surface area contributed by atoms with Crippen molar-refractivity contribution < 1.29 is 14.3 Å². The highest BCUT2D eigenvalue weighted by Crippen LogP contribution is 2.12. The number of carbonyl (C=O) groups excluding carboxylic acids is 2. The third-order valence-corrected chi connectivity index (χ3v) is 3.98. The number of hydrogen-bond acceptors (Lipinski definition) is 4. The van der Waals surface area contributed by atoms with Gasteiger partial charge in [0.25, 0.3) is 0 Å². The molecule has 0 unspecified atom stereocenters. The fraction of sp³-hybridized carbons (Fsp3) is 0.556. The van der Waals surface area contributed by atoms with Gasteiger partial charge in [-0.15, -0.1) is 0 Å². The molecule has 1 aromatic rings. The van der Waals surface area contributed by atoms with Crippen molar-refractivity contribution in [2.45, 2.75) is 26.7 Å². The average molecular weight is 355 g/mol. The van der Waals surface area contributed by atoms with Crippen LogP contribution in [0.5, 0.6) is 0 Å². The van der Waals surface area contributed by atoms with E-state index in [1.54, 1.807) is 24.3 Å². The summed E-state index contributed by atoms with van der Waals surface area (Å²) in [5, 5.41) is 3.28. The van der Waals surface area contributed by atoms with Crippen molar-refractivity contribution in [1.29, 1.82) is 0 Å². The number of benzene rings is 1. The van der Waals surface area contributed by atoms with Gasteiger partial charge in [-0.3, -0.25) is 9.59 Å². The molecule has 0 saturated carbocycles. The smallest absolute Gasteiger partial charge is 0.220 e. The van der Waals surface area contributed by atoms with Crippen molar-refractivity contribution in [3.05, 3.63) is 34.9 Å². The molecule has 0 aliphatic carbocycles. The number of rotatable bonds is 12. The molecule has 1 rings (SSSR count). The van der Waals surface area contributed by atoms with Gasteiger partial charge >= 0.3 is 0 Å². The van der Waals surface area contributed by atoms with Gasteiger partial charge in [0.15, 0.2) is 5.78 Å². The molecule has 134 valence electrons. The number of likely N-dealkylation sites (N-methyl/N-ethyl adjacent to an activating group) is 1. The minimum atomic E-state index is -0.141. The van der Waals surface area contributed by atoms with Crippen LogP contribution in [0.4, 0.5) is 0 Å². The van der Waals surface area contributed by atoms with E-state index in [0.717, 1.165) is 19.6 Å². The van der Waals surface area contributed by atoms with Crippen molar-refractivity contribution in [3.63, 3.8) is 0 Å². The molecule has 0 bridgehead atoms. The molecular weight excluding hydrogens is 328 g/mol. The van der Waals surface area contributed by atoms with Crippen LogP contribution >= 0.6 is 11.6 Å². The minimum absolute atomic E-state index is 0.0804. The van der Waals surface area contributed by atoms with Gasteiger partial charge in [0, 0.05) is 36.5 Å². The predicted octanol–water partition coefficient (Wildman–Crippen LogP) is 2.78.